The van der Waals surface area contributed by atoms with E-state index in [4.69, 9.17) is 5.11 Å². The molecule has 98 valence electrons. The predicted molar refractivity (Wildman–Crippen MR) is 69.5 cm³/mol. The van der Waals surface area contributed by atoms with Crippen molar-refractivity contribution in [1.82, 2.24) is 0 Å². The Labute approximate surface area is 113 Å². The van der Waals surface area contributed by atoms with E-state index < -0.39 is 11.5 Å². The van der Waals surface area contributed by atoms with Crippen LogP contribution in [0.3, 0.4) is 0 Å². The van der Waals surface area contributed by atoms with Crippen LogP contribution >= 0.6 is 11.8 Å². The molecule has 1 N–H and O–H groups in total. The second kappa shape index (κ2) is 5.81. The molecule has 0 aliphatic carbocycles. The number of aliphatic hydroxyl groups excluding tert-OH is 1. The van der Waals surface area contributed by atoms with Gasteiger partial charge in [0.25, 0.3) is 5.69 Å². The van der Waals surface area contributed by atoms with Crippen molar-refractivity contribution in [2.24, 2.45) is 0 Å². The van der Waals surface area contributed by atoms with Crippen LogP contribution in [-0.2, 0) is 6.61 Å². The Morgan fingerprint density at radius 2 is 1.79 bits per heavy atom. The lowest BCUT2D eigenvalue weighted by Crippen LogP contribution is -1.95. The lowest BCUT2D eigenvalue weighted by Gasteiger charge is -2.04. The molecule has 0 fully saturated rings. The molecular formula is C13H10FNO3S. The van der Waals surface area contributed by atoms with Gasteiger partial charge in [-0.25, -0.2) is 4.39 Å². The SMILES string of the molecule is O=[N+]([O-])c1ccc(Sc2ccc(F)cc2)cc1CO. The van der Waals surface area contributed by atoms with Crippen LogP contribution in [0.25, 0.3) is 0 Å². The minimum absolute atomic E-state index is 0.106. The quantitative estimate of drug-likeness (QED) is 0.688. The molecule has 0 spiro atoms. The summed E-state index contributed by atoms with van der Waals surface area (Å²) in [5.41, 5.74) is 0.156. The van der Waals surface area contributed by atoms with Gasteiger partial charge in [0, 0.05) is 15.9 Å². The fraction of sp³-hybridized carbons (Fsp3) is 0.0769. The molecule has 4 nitrogen and oxygen atoms in total. The highest BCUT2D eigenvalue weighted by Gasteiger charge is 2.13. The fourth-order valence-electron chi connectivity index (χ4n) is 1.57. The van der Waals surface area contributed by atoms with Crippen molar-refractivity contribution in [2.75, 3.05) is 0 Å². The zero-order valence-electron chi connectivity index (χ0n) is 9.75. The van der Waals surface area contributed by atoms with Crippen molar-refractivity contribution in [3.63, 3.8) is 0 Å². The number of halogens is 1. The van der Waals surface area contributed by atoms with Gasteiger partial charge in [0.05, 0.1) is 17.1 Å². The molecule has 0 radical (unpaired) electrons. The van der Waals surface area contributed by atoms with Gasteiger partial charge in [-0.1, -0.05) is 11.8 Å². The maximum absolute atomic E-state index is 12.8. The Hall–Kier alpha value is -1.92. The highest BCUT2D eigenvalue weighted by Crippen LogP contribution is 2.31. The summed E-state index contributed by atoms with van der Waals surface area (Å²) in [6.45, 7) is -0.395. The van der Waals surface area contributed by atoms with Crippen molar-refractivity contribution in [3.8, 4) is 0 Å². The molecule has 0 atom stereocenters. The molecule has 2 aromatic carbocycles. The first kappa shape index (κ1) is 13.5. The number of benzene rings is 2. The van der Waals surface area contributed by atoms with Crippen LogP contribution in [-0.4, -0.2) is 10.0 Å². The van der Waals surface area contributed by atoms with Gasteiger partial charge in [-0.05, 0) is 36.4 Å². The third-order valence-corrected chi connectivity index (χ3v) is 3.46. The van der Waals surface area contributed by atoms with E-state index in [1.807, 2.05) is 0 Å². The van der Waals surface area contributed by atoms with E-state index in [0.717, 1.165) is 9.79 Å². The van der Waals surface area contributed by atoms with Crippen molar-refractivity contribution in [3.05, 3.63) is 64.0 Å². The first-order valence-corrected chi connectivity index (χ1v) is 6.23. The van der Waals surface area contributed by atoms with E-state index in [2.05, 4.69) is 0 Å². The van der Waals surface area contributed by atoms with E-state index in [1.54, 1.807) is 24.3 Å². The van der Waals surface area contributed by atoms with Gasteiger partial charge in [0.2, 0.25) is 0 Å². The second-order valence-electron chi connectivity index (χ2n) is 3.76. The Bertz CT molecular complexity index is 601. The first-order chi connectivity index (χ1) is 9.10. The largest absolute Gasteiger partial charge is 0.391 e. The molecule has 2 rings (SSSR count). The van der Waals surface area contributed by atoms with Crippen LogP contribution in [0.1, 0.15) is 5.56 Å². The summed E-state index contributed by atoms with van der Waals surface area (Å²) in [7, 11) is 0. The summed E-state index contributed by atoms with van der Waals surface area (Å²) in [5.74, 6) is -0.316. The third-order valence-electron chi connectivity index (χ3n) is 2.47. The fourth-order valence-corrected chi connectivity index (χ4v) is 2.45. The molecule has 0 amide bonds. The Morgan fingerprint density at radius 3 is 2.37 bits per heavy atom. The monoisotopic (exact) mass is 279 g/mol. The summed E-state index contributed by atoms with van der Waals surface area (Å²) in [4.78, 5) is 11.8. The summed E-state index contributed by atoms with van der Waals surface area (Å²) in [6.07, 6.45) is 0. The highest BCUT2D eigenvalue weighted by molar-refractivity contribution is 7.99. The minimum atomic E-state index is -0.530. The van der Waals surface area contributed by atoms with Crippen molar-refractivity contribution in [2.45, 2.75) is 16.4 Å². The van der Waals surface area contributed by atoms with Crippen LogP contribution in [0.2, 0.25) is 0 Å². The van der Waals surface area contributed by atoms with Crippen LogP contribution in [0.4, 0.5) is 10.1 Å². The van der Waals surface area contributed by atoms with Gasteiger partial charge in [-0.2, -0.15) is 0 Å². The van der Waals surface area contributed by atoms with Gasteiger partial charge in [0.15, 0.2) is 0 Å². The molecule has 0 saturated heterocycles. The van der Waals surface area contributed by atoms with Gasteiger partial charge >= 0.3 is 0 Å². The topological polar surface area (TPSA) is 63.4 Å². The van der Waals surface area contributed by atoms with E-state index in [0.29, 0.717) is 0 Å². The van der Waals surface area contributed by atoms with E-state index in [-0.39, 0.29) is 17.1 Å². The van der Waals surface area contributed by atoms with Crippen LogP contribution < -0.4 is 0 Å². The van der Waals surface area contributed by atoms with Gasteiger partial charge in [0.1, 0.15) is 5.82 Å². The molecule has 6 heteroatoms. The molecule has 0 aliphatic heterocycles. The summed E-state index contributed by atoms with van der Waals surface area (Å²) in [5, 5.41) is 19.9. The summed E-state index contributed by atoms with van der Waals surface area (Å²) >= 11 is 1.35. The number of nitro groups is 1. The highest BCUT2D eigenvalue weighted by atomic mass is 32.2. The summed E-state index contributed by atoms with van der Waals surface area (Å²) in [6, 6.07) is 10.5. The third kappa shape index (κ3) is 3.30. The molecule has 0 aromatic heterocycles. The minimum Gasteiger partial charge on any atom is -0.391 e. The Kier molecular flexibility index (Phi) is 4.13. The molecule has 19 heavy (non-hydrogen) atoms. The number of nitro benzene ring substituents is 1. The van der Waals surface area contributed by atoms with E-state index >= 15 is 0 Å². The number of hydrogen-bond acceptors (Lipinski definition) is 4. The molecule has 0 unspecified atom stereocenters. The maximum atomic E-state index is 12.8. The number of aliphatic hydroxyl groups is 1. The zero-order chi connectivity index (χ0) is 13.8. The lowest BCUT2D eigenvalue weighted by atomic mass is 10.2. The molecule has 0 saturated carbocycles. The Balaban J connectivity index is 2.26. The molecule has 0 heterocycles. The first-order valence-electron chi connectivity index (χ1n) is 5.42. The average molecular weight is 279 g/mol. The van der Waals surface area contributed by atoms with Crippen LogP contribution in [0.5, 0.6) is 0 Å². The molecular weight excluding hydrogens is 269 g/mol. The van der Waals surface area contributed by atoms with Crippen LogP contribution in [0, 0.1) is 15.9 Å². The Morgan fingerprint density at radius 1 is 1.16 bits per heavy atom. The predicted octanol–water partition coefficient (Wildman–Crippen LogP) is 3.38. The molecule has 2 aromatic rings. The van der Waals surface area contributed by atoms with Gasteiger partial charge in [-0.15, -0.1) is 0 Å². The van der Waals surface area contributed by atoms with Crippen molar-refractivity contribution in [1.29, 1.82) is 0 Å². The van der Waals surface area contributed by atoms with E-state index in [1.165, 1.54) is 30.0 Å². The maximum Gasteiger partial charge on any atom is 0.274 e. The average Bonchev–Trinajstić information content (AvgIpc) is 2.41. The van der Waals surface area contributed by atoms with Crippen molar-refractivity contribution < 1.29 is 14.4 Å². The van der Waals surface area contributed by atoms with Gasteiger partial charge < -0.3 is 5.11 Å². The summed E-state index contributed by atoms with van der Waals surface area (Å²) < 4.78 is 12.8. The number of hydrogen-bond donors (Lipinski definition) is 1. The lowest BCUT2D eigenvalue weighted by molar-refractivity contribution is -0.385. The van der Waals surface area contributed by atoms with Crippen molar-refractivity contribution >= 4 is 17.4 Å². The standard InChI is InChI=1S/C13H10FNO3S/c14-10-1-3-11(4-2-10)19-12-5-6-13(15(17)18)9(7-12)8-16/h1-7,16H,8H2. The molecule has 0 aliphatic rings. The number of nitrogens with zero attached hydrogens (tertiary/aromatic N) is 1. The van der Waals surface area contributed by atoms with E-state index in [9.17, 15) is 14.5 Å². The normalized spacial score (nSPS) is 10.4. The smallest absolute Gasteiger partial charge is 0.274 e. The van der Waals surface area contributed by atoms with Crippen LogP contribution in [0.15, 0.2) is 52.3 Å². The zero-order valence-corrected chi connectivity index (χ0v) is 10.6. The molecule has 0 bridgehead atoms. The number of rotatable bonds is 4. The second-order valence-corrected chi connectivity index (χ2v) is 4.91. The van der Waals surface area contributed by atoms with Gasteiger partial charge in [-0.3, -0.25) is 10.1 Å².